The lowest BCUT2D eigenvalue weighted by Gasteiger charge is -2.39. The second kappa shape index (κ2) is 6.88. The van der Waals surface area contributed by atoms with E-state index in [1.165, 1.54) is 13.2 Å². The minimum Gasteiger partial charge on any atom is -0.423 e. The smallest absolute Gasteiger partial charge is 0.336 e. The second-order valence-electron chi connectivity index (χ2n) is 7.22. The van der Waals surface area contributed by atoms with E-state index in [2.05, 4.69) is 5.32 Å². The van der Waals surface area contributed by atoms with Crippen molar-refractivity contribution >= 4 is 16.7 Å². The van der Waals surface area contributed by atoms with Crippen LogP contribution in [0.1, 0.15) is 13.8 Å². The maximum Gasteiger partial charge on any atom is 0.336 e. The molecule has 0 bridgehead atoms. The lowest BCUT2D eigenvalue weighted by Crippen LogP contribution is -2.58. The molecule has 8 nitrogen and oxygen atoms in total. The van der Waals surface area contributed by atoms with Crippen molar-refractivity contribution in [2.75, 3.05) is 19.0 Å². The van der Waals surface area contributed by atoms with Crippen LogP contribution in [0, 0.1) is 0 Å². The van der Waals surface area contributed by atoms with Gasteiger partial charge in [-0.2, -0.15) is 0 Å². The zero-order chi connectivity index (χ0) is 19.2. The molecule has 0 radical (unpaired) electrons. The highest BCUT2D eigenvalue weighted by molar-refractivity contribution is 5.80. The highest BCUT2D eigenvalue weighted by Gasteiger charge is 2.55. The Balaban J connectivity index is 1.48. The van der Waals surface area contributed by atoms with E-state index in [1.54, 1.807) is 26.0 Å². The number of anilines is 1. The summed E-state index contributed by atoms with van der Waals surface area (Å²) in [6.45, 7) is 3.90. The number of aliphatic hydroxyl groups is 1. The molecule has 5 atom stereocenters. The molecule has 2 aliphatic rings. The second-order valence-corrected chi connectivity index (χ2v) is 7.22. The van der Waals surface area contributed by atoms with Gasteiger partial charge < -0.3 is 33.8 Å². The van der Waals surface area contributed by atoms with E-state index < -0.39 is 42.1 Å². The first-order chi connectivity index (χ1) is 12.9. The van der Waals surface area contributed by atoms with Gasteiger partial charge in [0.1, 0.15) is 30.0 Å². The van der Waals surface area contributed by atoms with Crippen molar-refractivity contribution in [2.45, 2.75) is 50.3 Å². The lowest BCUT2D eigenvalue weighted by molar-refractivity contribution is -0.263. The molecule has 4 rings (SSSR count). The lowest BCUT2D eigenvalue weighted by atomic mass is 9.99. The Hall–Kier alpha value is -1.97. The van der Waals surface area contributed by atoms with Gasteiger partial charge in [0.05, 0.1) is 0 Å². The monoisotopic (exact) mass is 377 g/mol. The summed E-state index contributed by atoms with van der Waals surface area (Å²) in [5.74, 6) is -0.811. The Morgan fingerprint density at radius 1 is 1.19 bits per heavy atom. The van der Waals surface area contributed by atoms with Gasteiger partial charge in [0.25, 0.3) is 0 Å². The number of ether oxygens (including phenoxy) is 4. The molecule has 2 saturated heterocycles. The SMILES string of the molecule is COC1OC(CNc2ccc3ccc(=O)oc3c2)C(O)C2OC(C)(C)OC12. The molecule has 0 saturated carbocycles. The number of aliphatic hydroxyl groups excluding tert-OH is 1. The molecular formula is C19H23NO7. The summed E-state index contributed by atoms with van der Waals surface area (Å²) in [7, 11) is 1.53. The summed E-state index contributed by atoms with van der Waals surface area (Å²) in [5, 5.41) is 14.7. The van der Waals surface area contributed by atoms with Gasteiger partial charge in [0.2, 0.25) is 0 Å². The van der Waals surface area contributed by atoms with Crippen LogP contribution < -0.4 is 10.9 Å². The first kappa shape index (κ1) is 18.4. The van der Waals surface area contributed by atoms with E-state index in [0.29, 0.717) is 12.1 Å². The van der Waals surface area contributed by atoms with Crippen LogP contribution >= 0.6 is 0 Å². The van der Waals surface area contributed by atoms with Gasteiger partial charge in [-0.3, -0.25) is 0 Å². The van der Waals surface area contributed by atoms with Crippen LogP contribution in [0.3, 0.4) is 0 Å². The van der Waals surface area contributed by atoms with E-state index in [9.17, 15) is 9.90 Å². The molecular weight excluding hydrogens is 354 g/mol. The van der Waals surface area contributed by atoms with Crippen molar-refractivity contribution in [1.82, 2.24) is 0 Å². The fourth-order valence-corrected chi connectivity index (χ4v) is 3.58. The average molecular weight is 377 g/mol. The van der Waals surface area contributed by atoms with Crippen LogP contribution in [0.2, 0.25) is 0 Å². The highest BCUT2D eigenvalue weighted by atomic mass is 16.8. The summed E-state index contributed by atoms with van der Waals surface area (Å²) in [6, 6.07) is 8.55. The van der Waals surface area contributed by atoms with Crippen LogP contribution in [0.25, 0.3) is 11.0 Å². The molecule has 146 valence electrons. The van der Waals surface area contributed by atoms with Crippen molar-refractivity contribution in [3.63, 3.8) is 0 Å². The first-order valence-electron chi connectivity index (χ1n) is 8.86. The van der Waals surface area contributed by atoms with Gasteiger partial charge in [-0.1, -0.05) is 0 Å². The molecule has 0 amide bonds. The number of hydrogen-bond acceptors (Lipinski definition) is 8. The van der Waals surface area contributed by atoms with Gasteiger partial charge in [-0.25, -0.2) is 4.79 Å². The van der Waals surface area contributed by atoms with Crippen molar-refractivity contribution in [3.8, 4) is 0 Å². The molecule has 27 heavy (non-hydrogen) atoms. The van der Waals surface area contributed by atoms with Crippen LogP contribution in [0.4, 0.5) is 5.69 Å². The van der Waals surface area contributed by atoms with E-state index in [0.717, 1.165) is 11.1 Å². The Kier molecular flexibility index (Phi) is 4.69. The topological polar surface area (TPSA) is 99.4 Å². The third-order valence-electron chi connectivity index (χ3n) is 4.82. The standard InChI is InChI=1S/C19H23NO7/c1-19(2)26-16-15(22)13(25-18(23-3)17(16)27-19)9-20-11-6-4-10-5-7-14(21)24-12(10)8-11/h4-8,13,15-18,20,22H,9H2,1-3H3. The summed E-state index contributed by atoms with van der Waals surface area (Å²) in [4.78, 5) is 11.4. The minimum atomic E-state index is -0.880. The molecule has 2 N–H and O–H groups in total. The zero-order valence-electron chi connectivity index (χ0n) is 15.4. The van der Waals surface area contributed by atoms with Crippen LogP contribution in [0.15, 0.2) is 39.5 Å². The molecule has 3 heterocycles. The average Bonchev–Trinajstić information content (AvgIpc) is 2.96. The fourth-order valence-electron chi connectivity index (χ4n) is 3.58. The van der Waals surface area contributed by atoms with E-state index in [4.69, 9.17) is 23.4 Å². The normalized spacial score (nSPS) is 32.4. The number of fused-ring (bicyclic) bond motifs is 2. The molecule has 2 aliphatic heterocycles. The Morgan fingerprint density at radius 3 is 2.70 bits per heavy atom. The summed E-state index contributed by atoms with van der Waals surface area (Å²) < 4.78 is 28.1. The molecule has 0 aliphatic carbocycles. The van der Waals surface area contributed by atoms with Crippen LogP contribution in [-0.4, -0.2) is 55.3 Å². The van der Waals surface area contributed by atoms with Crippen molar-refractivity contribution in [1.29, 1.82) is 0 Å². The third-order valence-corrected chi connectivity index (χ3v) is 4.82. The maximum absolute atomic E-state index is 11.4. The molecule has 2 fully saturated rings. The molecule has 0 spiro atoms. The Bertz CT molecular complexity index is 880. The molecule has 2 aromatic rings. The predicted octanol–water partition coefficient (Wildman–Crippen LogP) is 1.46. The van der Waals surface area contributed by atoms with Gasteiger partial charge in [-0.05, 0) is 32.0 Å². The maximum atomic E-state index is 11.4. The van der Waals surface area contributed by atoms with Gasteiger partial charge in [0.15, 0.2) is 12.1 Å². The zero-order valence-corrected chi connectivity index (χ0v) is 15.4. The molecule has 8 heteroatoms. The summed E-state index contributed by atoms with van der Waals surface area (Å²) >= 11 is 0. The molecule has 1 aromatic carbocycles. The number of hydrogen-bond donors (Lipinski definition) is 2. The predicted molar refractivity (Wildman–Crippen MR) is 96.5 cm³/mol. The quantitative estimate of drug-likeness (QED) is 0.773. The largest absolute Gasteiger partial charge is 0.423 e. The van der Waals surface area contributed by atoms with Gasteiger partial charge in [0, 0.05) is 36.9 Å². The van der Waals surface area contributed by atoms with Crippen LogP contribution in [0.5, 0.6) is 0 Å². The van der Waals surface area contributed by atoms with Gasteiger partial charge >= 0.3 is 5.63 Å². The Morgan fingerprint density at radius 2 is 1.93 bits per heavy atom. The number of benzene rings is 1. The van der Waals surface area contributed by atoms with E-state index >= 15 is 0 Å². The minimum absolute atomic E-state index is 0.316. The van der Waals surface area contributed by atoms with Crippen molar-refractivity contribution in [3.05, 3.63) is 40.8 Å². The van der Waals surface area contributed by atoms with Crippen LogP contribution in [-0.2, 0) is 18.9 Å². The third kappa shape index (κ3) is 3.59. The summed E-state index contributed by atoms with van der Waals surface area (Å²) in [5.41, 5.74) is 0.829. The van der Waals surface area contributed by atoms with E-state index in [1.807, 2.05) is 12.1 Å². The highest BCUT2D eigenvalue weighted by Crippen LogP contribution is 2.37. The first-order valence-corrected chi connectivity index (χ1v) is 8.86. The van der Waals surface area contributed by atoms with Crippen molar-refractivity contribution < 1.29 is 28.5 Å². The number of methoxy groups -OCH3 is 1. The number of nitrogens with one attached hydrogen (secondary N) is 1. The van der Waals surface area contributed by atoms with E-state index in [-0.39, 0.29) is 0 Å². The fraction of sp³-hybridized carbons (Fsp3) is 0.526. The summed E-state index contributed by atoms with van der Waals surface area (Å²) in [6.07, 6.45) is -3.12. The van der Waals surface area contributed by atoms with Gasteiger partial charge in [-0.15, -0.1) is 0 Å². The Labute approximate surface area is 156 Å². The molecule has 5 unspecified atom stereocenters. The van der Waals surface area contributed by atoms with Crippen molar-refractivity contribution in [2.24, 2.45) is 0 Å². The number of rotatable bonds is 4. The molecule has 1 aromatic heterocycles.